The van der Waals surface area contributed by atoms with Crippen molar-refractivity contribution in [2.75, 3.05) is 20.1 Å². The number of hydrogen-bond donors (Lipinski definition) is 0. The summed E-state index contributed by atoms with van der Waals surface area (Å²) in [4.78, 5) is 16.8. The van der Waals surface area contributed by atoms with Gasteiger partial charge in [0.2, 0.25) is 0 Å². The second-order valence-corrected chi connectivity index (χ2v) is 9.47. The summed E-state index contributed by atoms with van der Waals surface area (Å²) in [5, 5.41) is 0.805. The average Bonchev–Trinajstić information content (AvgIpc) is 3.26. The molecule has 2 atom stereocenters. The van der Waals surface area contributed by atoms with E-state index in [1.165, 1.54) is 6.07 Å². The van der Waals surface area contributed by atoms with Crippen molar-refractivity contribution in [3.05, 3.63) is 105 Å². The molecule has 3 nitrogen and oxygen atoms in total. The Morgan fingerprint density at radius 3 is 2.34 bits per heavy atom. The van der Waals surface area contributed by atoms with Crippen LogP contribution in [0.3, 0.4) is 0 Å². The smallest absolute Gasteiger partial charge is 0.336 e. The van der Waals surface area contributed by atoms with E-state index in [-0.39, 0.29) is 24.4 Å². The Morgan fingerprint density at radius 1 is 1.00 bits per heavy atom. The SMILES string of the molecule is CN(Cc1ccc(C(F)(F)F)c(F)c1)[C@H]1CN(C(=O)c2ccccc2)C[C@@H]1c1ccc(Cl)c(Cl)c1. The van der Waals surface area contributed by atoms with E-state index in [4.69, 9.17) is 23.2 Å². The molecular weight excluding hydrogens is 503 g/mol. The van der Waals surface area contributed by atoms with Crippen molar-refractivity contribution < 1.29 is 22.4 Å². The summed E-state index contributed by atoms with van der Waals surface area (Å²) < 4.78 is 53.0. The van der Waals surface area contributed by atoms with Crippen LogP contribution < -0.4 is 0 Å². The molecule has 0 bridgehead atoms. The van der Waals surface area contributed by atoms with Gasteiger partial charge in [-0.2, -0.15) is 13.2 Å². The third kappa shape index (κ3) is 5.63. The predicted molar refractivity (Wildman–Crippen MR) is 128 cm³/mol. The van der Waals surface area contributed by atoms with Crippen LogP contribution in [0.5, 0.6) is 0 Å². The topological polar surface area (TPSA) is 23.6 Å². The van der Waals surface area contributed by atoms with Gasteiger partial charge in [-0.25, -0.2) is 4.39 Å². The Morgan fingerprint density at radius 2 is 1.71 bits per heavy atom. The number of carbonyl (C=O) groups excluding carboxylic acids is 1. The van der Waals surface area contributed by atoms with E-state index < -0.39 is 17.6 Å². The molecule has 184 valence electrons. The number of carbonyl (C=O) groups is 1. The molecule has 1 amide bonds. The molecular formula is C26H22Cl2F4N2O. The van der Waals surface area contributed by atoms with E-state index in [9.17, 15) is 22.4 Å². The highest BCUT2D eigenvalue weighted by molar-refractivity contribution is 6.42. The molecule has 0 unspecified atom stereocenters. The third-order valence-corrected chi connectivity index (χ3v) is 7.04. The van der Waals surface area contributed by atoms with Gasteiger partial charge in [-0.05, 0) is 54.6 Å². The Kier molecular flexibility index (Phi) is 7.40. The van der Waals surface area contributed by atoms with Gasteiger partial charge in [-0.15, -0.1) is 0 Å². The first-order chi connectivity index (χ1) is 16.5. The van der Waals surface area contributed by atoms with Gasteiger partial charge in [0.15, 0.2) is 0 Å². The monoisotopic (exact) mass is 524 g/mol. The normalized spacial score (nSPS) is 18.3. The van der Waals surface area contributed by atoms with Crippen LogP contribution in [-0.4, -0.2) is 41.9 Å². The van der Waals surface area contributed by atoms with Crippen LogP contribution in [0.1, 0.15) is 33.0 Å². The van der Waals surface area contributed by atoms with E-state index in [0.29, 0.717) is 34.3 Å². The minimum Gasteiger partial charge on any atom is -0.336 e. The maximum absolute atomic E-state index is 14.1. The number of nitrogens with zero attached hydrogens (tertiary/aromatic N) is 2. The molecule has 0 aromatic heterocycles. The van der Waals surface area contributed by atoms with Crippen LogP contribution in [0.2, 0.25) is 10.0 Å². The number of rotatable bonds is 5. The van der Waals surface area contributed by atoms with Crippen LogP contribution in [-0.2, 0) is 12.7 Å². The van der Waals surface area contributed by atoms with Crippen LogP contribution in [0.25, 0.3) is 0 Å². The fraction of sp³-hybridized carbons (Fsp3) is 0.269. The highest BCUT2D eigenvalue weighted by atomic mass is 35.5. The molecule has 1 saturated heterocycles. The number of hydrogen-bond acceptors (Lipinski definition) is 2. The van der Waals surface area contributed by atoms with Crippen LogP contribution in [0.15, 0.2) is 66.7 Å². The molecule has 3 aromatic rings. The Balaban J connectivity index is 1.61. The summed E-state index contributed by atoms with van der Waals surface area (Å²) in [6, 6.07) is 17.0. The van der Waals surface area contributed by atoms with Gasteiger partial charge in [0.1, 0.15) is 5.82 Å². The molecule has 0 radical (unpaired) electrons. The minimum atomic E-state index is -4.75. The number of benzene rings is 3. The third-order valence-electron chi connectivity index (χ3n) is 6.31. The molecule has 1 aliphatic heterocycles. The molecule has 1 fully saturated rings. The van der Waals surface area contributed by atoms with Crippen molar-refractivity contribution in [1.82, 2.24) is 9.80 Å². The fourth-order valence-electron chi connectivity index (χ4n) is 4.53. The van der Waals surface area contributed by atoms with Gasteiger partial charge in [0, 0.05) is 37.2 Å². The molecule has 9 heteroatoms. The zero-order valence-electron chi connectivity index (χ0n) is 18.7. The molecule has 4 rings (SSSR count). The van der Waals surface area contributed by atoms with Gasteiger partial charge in [0.05, 0.1) is 15.6 Å². The maximum atomic E-state index is 14.1. The van der Waals surface area contributed by atoms with Crippen LogP contribution in [0, 0.1) is 5.82 Å². The quantitative estimate of drug-likeness (QED) is 0.339. The van der Waals surface area contributed by atoms with Crippen molar-refractivity contribution >= 4 is 29.1 Å². The highest BCUT2D eigenvalue weighted by Gasteiger charge is 2.39. The molecule has 1 aliphatic rings. The molecule has 0 N–H and O–H groups in total. The van der Waals surface area contributed by atoms with E-state index in [1.807, 2.05) is 17.0 Å². The van der Waals surface area contributed by atoms with Gasteiger partial charge in [-0.3, -0.25) is 9.69 Å². The first-order valence-electron chi connectivity index (χ1n) is 10.9. The second-order valence-electron chi connectivity index (χ2n) is 8.65. The number of likely N-dealkylation sites (N-methyl/N-ethyl adjacent to an activating group) is 1. The Bertz CT molecular complexity index is 1220. The van der Waals surface area contributed by atoms with Gasteiger partial charge in [-0.1, -0.05) is 53.5 Å². The Hall–Kier alpha value is -2.61. The second kappa shape index (κ2) is 10.2. The summed E-state index contributed by atoms with van der Waals surface area (Å²) in [6.07, 6.45) is -4.75. The van der Waals surface area contributed by atoms with Crippen molar-refractivity contribution in [2.24, 2.45) is 0 Å². The zero-order chi connectivity index (χ0) is 25.3. The standard InChI is InChI=1S/C26H22Cl2F4N2O/c1-33(13-16-7-9-20(23(29)11-16)26(30,31)32)24-15-34(25(35)17-5-3-2-4-6-17)14-19(24)18-8-10-21(27)22(28)12-18/h2-12,19,24H,13-15H2,1H3/t19-,24+/m1/s1. The highest BCUT2D eigenvalue weighted by Crippen LogP contribution is 2.36. The molecule has 1 heterocycles. The van der Waals surface area contributed by atoms with Crippen LogP contribution >= 0.6 is 23.2 Å². The lowest BCUT2D eigenvalue weighted by atomic mass is 9.93. The molecule has 0 saturated carbocycles. The number of halogens is 6. The van der Waals surface area contributed by atoms with Gasteiger partial charge < -0.3 is 4.90 Å². The lowest BCUT2D eigenvalue weighted by molar-refractivity contribution is -0.140. The maximum Gasteiger partial charge on any atom is 0.419 e. The average molecular weight is 525 g/mol. The van der Waals surface area contributed by atoms with Gasteiger partial charge in [0.25, 0.3) is 5.91 Å². The lowest BCUT2D eigenvalue weighted by Gasteiger charge is -2.29. The first kappa shape index (κ1) is 25.5. The first-order valence-corrected chi connectivity index (χ1v) is 11.7. The number of alkyl halides is 3. The minimum absolute atomic E-state index is 0.118. The zero-order valence-corrected chi connectivity index (χ0v) is 20.2. The van der Waals surface area contributed by atoms with Crippen molar-refractivity contribution in [2.45, 2.75) is 24.7 Å². The number of amides is 1. The van der Waals surface area contributed by atoms with E-state index in [1.54, 1.807) is 48.3 Å². The van der Waals surface area contributed by atoms with Crippen molar-refractivity contribution in [1.29, 1.82) is 0 Å². The van der Waals surface area contributed by atoms with E-state index in [2.05, 4.69) is 0 Å². The predicted octanol–water partition coefficient (Wildman–Crippen LogP) is 6.89. The summed E-state index contributed by atoms with van der Waals surface area (Å²) in [6.45, 7) is 1.01. The van der Waals surface area contributed by atoms with Crippen molar-refractivity contribution in [3.8, 4) is 0 Å². The van der Waals surface area contributed by atoms with E-state index >= 15 is 0 Å². The summed E-state index contributed by atoms with van der Waals surface area (Å²) in [5.41, 5.74) is 0.559. The molecule has 3 aromatic carbocycles. The van der Waals surface area contributed by atoms with Crippen molar-refractivity contribution in [3.63, 3.8) is 0 Å². The summed E-state index contributed by atoms with van der Waals surface area (Å²) in [5.74, 6) is -1.56. The fourth-order valence-corrected chi connectivity index (χ4v) is 4.83. The Labute approximate surface area is 210 Å². The van der Waals surface area contributed by atoms with E-state index in [0.717, 1.165) is 17.7 Å². The summed E-state index contributed by atoms with van der Waals surface area (Å²) in [7, 11) is 1.81. The molecule has 0 aliphatic carbocycles. The lowest BCUT2D eigenvalue weighted by Crippen LogP contribution is -2.38. The number of likely N-dealkylation sites (tertiary alicyclic amines) is 1. The summed E-state index contributed by atoms with van der Waals surface area (Å²) >= 11 is 12.3. The largest absolute Gasteiger partial charge is 0.419 e. The molecule has 0 spiro atoms. The molecule has 35 heavy (non-hydrogen) atoms. The van der Waals surface area contributed by atoms with Gasteiger partial charge >= 0.3 is 6.18 Å². The van der Waals surface area contributed by atoms with Crippen LogP contribution in [0.4, 0.5) is 17.6 Å².